The van der Waals surface area contributed by atoms with Crippen molar-refractivity contribution in [3.63, 3.8) is 0 Å². The highest BCUT2D eigenvalue weighted by atomic mass is 32.1. The van der Waals surface area contributed by atoms with Crippen molar-refractivity contribution in [1.82, 2.24) is 10.3 Å². The number of nitrogens with one attached hydrogen (secondary N) is 2. The minimum atomic E-state index is -0.840. The molecule has 0 aliphatic heterocycles. The molecule has 9 heteroatoms. The van der Waals surface area contributed by atoms with E-state index in [1.54, 1.807) is 18.5 Å². The number of anilines is 1. The molecule has 3 amide bonds. The molecule has 8 nitrogen and oxygen atoms in total. The van der Waals surface area contributed by atoms with Crippen LogP contribution in [-0.2, 0) is 27.4 Å². The van der Waals surface area contributed by atoms with Crippen LogP contribution < -0.4 is 21.1 Å². The summed E-state index contributed by atoms with van der Waals surface area (Å²) < 4.78 is 5.81. The maximum Gasteiger partial charge on any atom is 0.249 e. The average Bonchev–Trinajstić information content (AvgIpc) is 3.35. The fourth-order valence-electron chi connectivity index (χ4n) is 3.02. The quantitative estimate of drug-likeness (QED) is 0.368. The van der Waals surface area contributed by atoms with E-state index in [2.05, 4.69) is 15.6 Å². The van der Waals surface area contributed by atoms with Crippen LogP contribution in [-0.4, -0.2) is 28.7 Å². The van der Waals surface area contributed by atoms with E-state index in [1.165, 1.54) is 17.8 Å². The maximum absolute atomic E-state index is 12.9. The topological polar surface area (TPSA) is 123 Å². The molecule has 0 saturated heterocycles. The van der Waals surface area contributed by atoms with Crippen LogP contribution in [0.4, 0.5) is 5.13 Å². The van der Waals surface area contributed by atoms with Crippen molar-refractivity contribution in [2.45, 2.75) is 32.4 Å². The standard InChI is InChI=1S/C25H27N4O4S/c1-17(23(26)31)7-12-22(30)28-21(24(32)29-25-27-13-14-34-25)15-18-8-10-20(11-9-18)33-16-19-5-3-2-4-6-19/h2-6,8-14,17,21H,7,15-16H2,1H3,(H2,26,31)(H,28,30)(H,27,29,32). The Kier molecular flexibility index (Phi) is 9.16. The summed E-state index contributed by atoms with van der Waals surface area (Å²) in [7, 11) is 0. The Balaban J connectivity index is 1.61. The van der Waals surface area contributed by atoms with E-state index in [1.807, 2.05) is 54.6 Å². The second kappa shape index (κ2) is 12.5. The molecule has 34 heavy (non-hydrogen) atoms. The number of primary amides is 1. The second-order valence-electron chi connectivity index (χ2n) is 7.75. The van der Waals surface area contributed by atoms with Gasteiger partial charge in [-0.2, -0.15) is 0 Å². The third-order valence-electron chi connectivity index (χ3n) is 5.05. The average molecular weight is 480 g/mol. The molecule has 1 heterocycles. The lowest BCUT2D eigenvalue weighted by Crippen LogP contribution is -2.45. The lowest BCUT2D eigenvalue weighted by molar-refractivity contribution is -0.125. The molecule has 3 aromatic rings. The zero-order chi connectivity index (χ0) is 24.3. The van der Waals surface area contributed by atoms with Crippen LogP contribution in [0.5, 0.6) is 5.75 Å². The minimum Gasteiger partial charge on any atom is -0.489 e. The molecule has 0 bridgehead atoms. The lowest BCUT2D eigenvalue weighted by Gasteiger charge is -2.18. The summed E-state index contributed by atoms with van der Waals surface area (Å²) in [5.74, 6) is -1.10. The summed E-state index contributed by atoms with van der Waals surface area (Å²) in [6, 6.07) is 16.4. The van der Waals surface area contributed by atoms with E-state index >= 15 is 0 Å². The van der Waals surface area contributed by atoms with Crippen LogP contribution in [0.1, 0.15) is 24.5 Å². The van der Waals surface area contributed by atoms with Gasteiger partial charge in [0.05, 0.1) is 6.42 Å². The Bertz CT molecular complexity index is 1070. The van der Waals surface area contributed by atoms with Crippen molar-refractivity contribution >= 4 is 34.2 Å². The Morgan fingerprint density at radius 1 is 1.09 bits per heavy atom. The number of rotatable bonds is 12. The monoisotopic (exact) mass is 479 g/mol. The van der Waals surface area contributed by atoms with Gasteiger partial charge in [-0.25, -0.2) is 4.98 Å². The highest BCUT2D eigenvalue weighted by Crippen LogP contribution is 2.17. The number of benzene rings is 2. The number of nitrogens with zero attached hydrogens (tertiary/aromatic N) is 1. The molecule has 4 N–H and O–H groups in total. The van der Waals surface area contributed by atoms with Crippen molar-refractivity contribution in [3.8, 4) is 5.75 Å². The Morgan fingerprint density at radius 2 is 1.82 bits per heavy atom. The number of carbonyl (C=O) groups is 3. The number of amides is 3. The summed E-state index contributed by atoms with van der Waals surface area (Å²) in [4.78, 5) is 40.5. The van der Waals surface area contributed by atoms with Crippen LogP contribution in [0, 0.1) is 12.3 Å². The van der Waals surface area contributed by atoms with Gasteiger partial charge in [-0.05, 0) is 29.7 Å². The molecule has 0 spiro atoms. The SMILES string of the molecule is CC(C[CH]C(=O)NC(Cc1ccc(OCc2ccccc2)cc1)C(=O)Nc1nccs1)C(N)=O. The van der Waals surface area contributed by atoms with Crippen molar-refractivity contribution < 1.29 is 19.1 Å². The summed E-state index contributed by atoms with van der Waals surface area (Å²) in [5.41, 5.74) is 7.16. The molecule has 0 fully saturated rings. The summed E-state index contributed by atoms with van der Waals surface area (Å²) >= 11 is 1.29. The lowest BCUT2D eigenvalue weighted by atomic mass is 10.0. The Hall–Kier alpha value is -3.72. The molecule has 1 radical (unpaired) electrons. The number of nitrogens with two attached hydrogens (primary N) is 1. The van der Waals surface area contributed by atoms with E-state index in [9.17, 15) is 14.4 Å². The fraction of sp³-hybridized carbons (Fsp3) is 0.240. The normalized spacial score (nSPS) is 12.4. The molecule has 1 aromatic heterocycles. The van der Waals surface area contributed by atoms with E-state index in [0.717, 1.165) is 11.1 Å². The third kappa shape index (κ3) is 8.00. The predicted molar refractivity (Wildman–Crippen MR) is 131 cm³/mol. The molecule has 0 aliphatic rings. The van der Waals surface area contributed by atoms with Gasteiger partial charge in [0, 0.05) is 23.9 Å². The predicted octanol–water partition coefficient (Wildman–Crippen LogP) is 3.10. The van der Waals surface area contributed by atoms with Crippen LogP contribution in [0.3, 0.4) is 0 Å². The summed E-state index contributed by atoms with van der Waals surface area (Å²) in [5, 5.41) is 7.63. The number of ether oxygens (including phenoxy) is 1. The largest absolute Gasteiger partial charge is 0.489 e. The number of aromatic nitrogens is 1. The number of hydrogen-bond acceptors (Lipinski definition) is 6. The Labute approximate surface area is 202 Å². The van der Waals surface area contributed by atoms with E-state index in [-0.39, 0.29) is 18.7 Å². The van der Waals surface area contributed by atoms with Crippen molar-refractivity contribution in [1.29, 1.82) is 0 Å². The van der Waals surface area contributed by atoms with Gasteiger partial charge >= 0.3 is 0 Å². The van der Waals surface area contributed by atoms with Crippen LogP contribution in [0.25, 0.3) is 0 Å². The van der Waals surface area contributed by atoms with E-state index in [0.29, 0.717) is 17.5 Å². The van der Waals surface area contributed by atoms with Crippen molar-refractivity contribution in [2.75, 3.05) is 5.32 Å². The first-order chi connectivity index (χ1) is 16.4. The van der Waals surface area contributed by atoms with Gasteiger partial charge in [0.1, 0.15) is 18.4 Å². The first-order valence-electron chi connectivity index (χ1n) is 10.8. The first kappa shape index (κ1) is 24.9. The maximum atomic E-state index is 12.9. The van der Waals surface area contributed by atoms with Crippen molar-refractivity contribution in [3.05, 3.63) is 83.7 Å². The van der Waals surface area contributed by atoms with E-state index < -0.39 is 23.8 Å². The first-order valence-corrected chi connectivity index (χ1v) is 11.7. The second-order valence-corrected chi connectivity index (χ2v) is 8.65. The zero-order valence-electron chi connectivity index (χ0n) is 18.8. The van der Waals surface area contributed by atoms with Crippen LogP contribution >= 0.6 is 11.3 Å². The van der Waals surface area contributed by atoms with Gasteiger partial charge in [0.15, 0.2) is 5.13 Å². The molecular weight excluding hydrogens is 452 g/mol. The highest BCUT2D eigenvalue weighted by Gasteiger charge is 2.23. The molecular formula is C25H27N4O4S. The molecule has 2 atom stereocenters. The number of carbonyl (C=O) groups excluding carboxylic acids is 3. The van der Waals surface area contributed by atoms with Gasteiger partial charge in [0.2, 0.25) is 17.7 Å². The van der Waals surface area contributed by atoms with Gasteiger partial charge in [-0.1, -0.05) is 49.4 Å². The molecule has 177 valence electrons. The van der Waals surface area contributed by atoms with Gasteiger partial charge in [-0.15, -0.1) is 11.3 Å². The van der Waals surface area contributed by atoms with Crippen LogP contribution in [0.2, 0.25) is 0 Å². The molecule has 0 saturated carbocycles. The van der Waals surface area contributed by atoms with Gasteiger partial charge < -0.3 is 21.1 Å². The number of thiazole rings is 1. The zero-order valence-corrected chi connectivity index (χ0v) is 19.6. The molecule has 2 unspecified atom stereocenters. The summed E-state index contributed by atoms with van der Waals surface area (Å²) in [6.45, 7) is 2.09. The minimum absolute atomic E-state index is 0.190. The molecule has 0 aliphatic carbocycles. The Morgan fingerprint density at radius 3 is 2.47 bits per heavy atom. The van der Waals surface area contributed by atoms with Gasteiger partial charge in [0.25, 0.3) is 0 Å². The molecule has 2 aromatic carbocycles. The fourth-order valence-corrected chi connectivity index (χ4v) is 3.55. The summed E-state index contributed by atoms with van der Waals surface area (Å²) in [6.07, 6.45) is 3.37. The van der Waals surface area contributed by atoms with E-state index in [4.69, 9.17) is 10.5 Å². The van der Waals surface area contributed by atoms with Crippen molar-refractivity contribution in [2.24, 2.45) is 11.7 Å². The smallest absolute Gasteiger partial charge is 0.249 e. The van der Waals surface area contributed by atoms with Gasteiger partial charge in [-0.3, -0.25) is 14.4 Å². The third-order valence-corrected chi connectivity index (χ3v) is 5.74. The van der Waals surface area contributed by atoms with Crippen LogP contribution in [0.15, 0.2) is 66.2 Å². The number of hydrogen-bond donors (Lipinski definition) is 3. The molecule has 3 rings (SSSR count). The highest BCUT2D eigenvalue weighted by molar-refractivity contribution is 7.13.